The molecule has 3 N–H and O–H groups in total. The molecular weight excluding hydrogens is 260 g/mol. The van der Waals surface area contributed by atoms with Gasteiger partial charge in [0.1, 0.15) is 5.75 Å². The highest BCUT2D eigenvalue weighted by Crippen LogP contribution is 2.26. The van der Waals surface area contributed by atoms with E-state index in [-0.39, 0.29) is 5.91 Å². The van der Waals surface area contributed by atoms with E-state index in [1.165, 1.54) is 0 Å². The first kappa shape index (κ1) is 15.7. The van der Waals surface area contributed by atoms with Crippen LogP contribution in [0.3, 0.4) is 0 Å². The van der Waals surface area contributed by atoms with Gasteiger partial charge < -0.3 is 15.8 Å². The van der Waals surface area contributed by atoms with Crippen molar-refractivity contribution in [2.45, 2.75) is 20.3 Å². The zero-order chi connectivity index (χ0) is 14.3. The van der Waals surface area contributed by atoms with Crippen LogP contribution in [-0.2, 0) is 4.79 Å². The van der Waals surface area contributed by atoms with Crippen LogP contribution >= 0.6 is 11.8 Å². The second-order valence-corrected chi connectivity index (χ2v) is 5.85. The molecule has 0 unspecified atom stereocenters. The third-order valence-corrected chi connectivity index (χ3v) is 3.56. The average Bonchev–Trinajstić information content (AvgIpc) is 2.35. The Hall–Kier alpha value is -1.36. The molecule has 4 nitrogen and oxygen atoms in total. The van der Waals surface area contributed by atoms with Crippen LogP contribution in [0.1, 0.15) is 20.3 Å². The summed E-state index contributed by atoms with van der Waals surface area (Å²) in [6.07, 6.45) is 1.12. The van der Waals surface area contributed by atoms with Crippen LogP contribution in [0.15, 0.2) is 18.2 Å². The first-order chi connectivity index (χ1) is 9.02. The second kappa shape index (κ2) is 7.94. The summed E-state index contributed by atoms with van der Waals surface area (Å²) in [6, 6.07) is 5.19. The number of hydrogen-bond acceptors (Lipinski definition) is 4. The summed E-state index contributed by atoms with van der Waals surface area (Å²) in [5.41, 5.74) is 6.92. The van der Waals surface area contributed by atoms with E-state index in [4.69, 9.17) is 10.5 Å². The number of nitrogens with two attached hydrogens (primary N) is 1. The normalized spacial score (nSPS) is 10.5. The minimum absolute atomic E-state index is 0.0299. The summed E-state index contributed by atoms with van der Waals surface area (Å²) in [6.45, 7) is 4.36. The van der Waals surface area contributed by atoms with Crippen molar-refractivity contribution in [3.63, 3.8) is 0 Å². The molecule has 0 saturated carbocycles. The van der Waals surface area contributed by atoms with E-state index in [1.807, 2.05) is 0 Å². The zero-order valence-electron chi connectivity index (χ0n) is 11.7. The Morgan fingerprint density at radius 1 is 1.47 bits per heavy atom. The van der Waals surface area contributed by atoms with Crippen molar-refractivity contribution in [3.05, 3.63) is 18.2 Å². The minimum Gasteiger partial charge on any atom is -0.495 e. The van der Waals surface area contributed by atoms with Gasteiger partial charge >= 0.3 is 0 Å². The van der Waals surface area contributed by atoms with Gasteiger partial charge in [0.05, 0.1) is 18.6 Å². The predicted octanol–water partition coefficient (Wildman–Crippen LogP) is 3.00. The van der Waals surface area contributed by atoms with Gasteiger partial charge in [-0.25, -0.2) is 0 Å². The lowest BCUT2D eigenvalue weighted by Crippen LogP contribution is -2.15. The molecule has 0 fully saturated rings. The predicted molar refractivity (Wildman–Crippen MR) is 82.8 cm³/mol. The Kier molecular flexibility index (Phi) is 6.56. The standard InChI is InChI=1S/C14H22N2O2S/c1-10(2)6-7-19-9-14(17)16-12-8-11(15)4-5-13(12)18-3/h4-5,8,10H,6-7,9,15H2,1-3H3,(H,16,17). The van der Waals surface area contributed by atoms with Crippen molar-refractivity contribution in [2.75, 3.05) is 29.7 Å². The Balaban J connectivity index is 2.45. The quantitative estimate of drug-likeness (QED) is 0.596. The number of carbonyl (C=O) groups excluding carboxylic acids is 1. The van der Waals surface area contributed by atoms with Crippen LogP contribution in [0.4, 0.5) is 11.4 Å². The van der Waals surface area contributed by atoms with Gasteiger partial charge in [-0.15, -0.1) is 0 Å². The zero-order valence-corrected chi connectivity index (χ0v) is 12.5. The smallest absolute Gasteiger partial charge is 0.234 e. The molecule has 0 saturated heterocycles. The topological polar surface area (TPSA) is 64.3 Å². The summed E-state index contributed by atoms with van der Waals surface area (Å²) in [4.78, 5) is 11.8. The number of nitrogen functional groups attached to an aromatic ring is 1. The number of thioether (sulfide) groups is 1. The van der Waals surface area contributed by atoms with Gasteiger partial charge in [-0.1, -0.05) is 13.8 Å². The lowest BCUT2D eigenvalue weighted by molar-refractivity contribution is -0.113. The van der Waals surface area contributed by atoms with Crippen molar-refractivity contribution in [1.82, 2.24) is 0 Å². The number of rotatable bonds is 7. The van der Waals surface area contributed by atoms with Crippen molar-refractivity contribution in [3.8, 4) is 5.75 Å². The molecule has 1 aromatic rings. The summed E-state index contributed by atoms with van der Waals surface area (Å²) in [7, 11) is 1.57. The maximum atomic E-state index is 11.8. The van der Waals surface area contributed by atoms with E-state index in [0.717, 1.165) is 12.2 Å². The summed E-state index contributed by atoms with van der Waals surface area (Å²) < 4.78 is 5.18. The monoisotopic (exact) mass is 282 g/mol. The molecule has 1 aromatic carbocycles. The third-order valence-electron chi connectivity index (χ3n) is 2.57. The number of ether oxygens (including phenoxy) is 1. The molecule has 0 bridgehead atoms. The van der Waals surface area contributed by atoms with E-state index in [9.17, 15) is 4.79 Å². The minimum atomic E-state index is -0.0299. The molecule has 106 valence electrons. The highest BCUT2D eigenvalue weighted by Gasteiger charge is 2.08. The van der Waals surface area contributed by atoms with Gasteiger partial charge in [0.2, 0.25) is 5.91 Å². The lowest BCUT2D eigenvalue weighted by atomic mass is 10.2. The molecule has 0 aromatic heterocycles. The van der Waals surface area contributed by atoms with E-state index >= 15 is 0 Å². The first-order valence-corrected chi connectivity index (χ1v) is 7.49. The van der Waals surface area contributed by atoms with Crippen molar-refractivity contribution in [2.24, 2.45) is 5.92 Å². The molecule has 0 atom stereocenters. The fourth-order valence-corrected chi connectivity index (χ4v) is 2.53. The summed E-state index contributed by atoms with van der Waals surface area (Å²) >= 11 is 1.64. The van der Waals surface area contributed by atoms with Crippen LogP contribution in [0, 0.1) is 5.92 Å². The van der Waals surface area contributed by atoms with Crippen LogP contribution in [0.2, 0.25) is 0 Å². The van der Waals surface area contributed by atoms with Gasteiger partial charge in [-0.3, -0.25) is 4.79 Å². The van der Waals surface area contributed by atoms with Gasteiger partial charge in [-0.2, -0.15) is 11.8 Å². The van der Waals surface area contributed by atoms with Gasteiger partial charge in [0, 0.05) is 5.69 Å². The first-order valence-electron chi connectivity index (χ1n) is 6.34. The second-order valence-electron chi connectivity index (χ2n) is 4.74. The Morgan fingerprint density at radius 3 is 2.84 bits per heavy atom. The van der Waals surface area contributed by atoms with Crippen LogP contribution in [0.25, 0.3) is 0 Å². The SMILES string of the molecule is COc1ccc(N)cc1NC(=O)CSCCC(C)C. The number of hydrogen-bond donors (Lipinski definition) is 2. The Labute approximate surface area is 119 Å². The highest BCUT2D eigenvalue weighted by atomic mass is 32.2. The highest BCUT2D eigenvalue weighted by molar-refractivity contribution is 7.99. The van der Waals surface area contributed by atoms with Crippen molar-refractivity contribution >= 4 is 29.0 Å². The maximum Gasteiger partial charge on any atom is 0.234 e. The van der Waals surface area contributed by atoms with Gasteiger partial charge in [-0.05, 0) is 36.3 Å². The Bertz CT molecular complexity index is 422. The molecule has 5 heteroatoms. The molecule has 0 aliphatic rings. The fourth-order valence-electron chi connectivity index (χ4n) is 1.49. The molecule has 0 aliphatic heterocycles. The Morgan fingerprint density at radius 2 is 2.21 bits per heavy atom. The number of benzene rings is 1. The van der Waals surface area contributed by atoms with E-state index in [2.05, 4.69) is 19.2 Å². The molecule has 1 amide bonds. The number of amides is 1. The van der Waals surface area contributed by atoms with Crippen LogP contribution in [0.5, 0.6) is 5.75 Å². The fraction of sp³-hybridized carbons (Fsp3) is 0.500. The maximum absolute atomic E-state index is 11.8. The largest absolute Gasteiger partial charge is 0.495 e. The molecule has 0 radical (unpaired) electrons. The molecular formula is C14H22N2O2S. The van der Waals surface area contributed by atoms with Gasteiger partial charge in [0.15, 0.2) is 0 Å². The number of nitrogens with one attached hydrogen (secondary N) is 1. The molecule has 0 aliphatic carbocycles. The van der Waals surface area contributed by atoms with E-state index in [1.54, 1.807) is 37.1 Å². The van der Waals surface area contributed by atoms with Crippen LogP contribution in [-0.4, -0.2) is 24.5 Å². The molecule has 0 spiro atoms. The van der Waals surface area contributed by atoms with E-state index < -0.39 is 0 Å². The summed E-state index contributed by atoms with van der Waals surface area (Å²) in [5, 5.41) is 2.83. The van der Waals surface area contributed by atoms with Gasteiger partial charge in [0.25, 0.3) is 0 Å². The third kappa shape index (κ3) is 5.87. The molecule has 0 heterocycles. The lowest BCUT2D eigenvalue weighted by Gasteiger charge is -2.11. The number of carbonyl (C=O) groups is 1. The average molecular weight is 282 g/mol. The van der Waals surface area contributed by atoms with Crippen molar-refractivity contribution < 1.29 is 9.53 Å². The number of methoxy groups -OCH3 is 1. The number of anilines is 2. The molecule has 19 heavy (non-hydrogen) atoms. The van der Waals surface area contributed by atoms with Crippen LogP contribution < -0.4 is 15.8 Å². The van der Waals surface area contributed by atoms with E-state index in [0.29, 0.717) is 28.8 Å². The van der Waals surface area contributed by atoms with Crippen molar-refractivity contribution in [1.29, 1.82) is 0 Å². The summed E-state index contributed by atoms with van der Waals surface area (Å²) in [5.74, 6) is 2.71. The molecule has 1 rings (SSSR count).